The average molecular weight is 256 g/mol. The number of ether oxygens (including phenoxy) is 1. The molecule has 0 aliphatic carbocycles. The van der Waals surface area contributed by atoms with Crippen LogP contribution in [0, 0.1) is 5.92 Å². The van der Waals surface area contributed by atoms with Crippen molar-refractivity contribution in [1.82, 2.24) is 0 Å². The molecule has 1 unspecified atom stereocenters. The normalized spacial score (nSPS) is 12.4. The van der Waals surface area contributed by atoms with Crippen LogP contribution in [0.25, 0.3) is 0 Å². The Hall–Kier alpha value is -0.530. The van der Waals surface area contributed by atoms with Gasteiger partial charge in [-0.05, 0) is 12.8 Å². The minimum Gasteiger partial charge on any atom is -0.465 e. The molecule has 0 aliphatic heterocycles. The van der Waals surface area contributed by atoms with Gasteiger partial charge in [-0.25, -0.2) is 0 Å². The van der Waals surface area contributed by atoms with Crippen LogP contribution in [0.15, 0.2) is 0 Å². The highest BCUT2D eigenvalue weighted by Crippen LogP contribution is 2.13. The third kappa shape index (κ3) is 10.6. The molecular formula is C16H32O2. The standard InChI is InChI=1S/C16H32O2/c1-4-6-8-9-10-11-13-15(3)16(17)18-14-12-7-5-2/h15H,4-14H2,1-3H3. The summed E-state index contributed by atoms with van der Waals surface area (Å²) in [6.45, 7) is 6.99. The van der Waals surface area contributed by atoms with Gasteiger partial charge in [0.2, 0.25) is 0 Å². The highest BCUT2D eigenvalue weighted by Gasteiger charge is 2.13. The topological polar surface area (TPSA) is 26.3 Å². The predicted octanol–water partition coefficient (Wildman–Crippen LogP) is 5.11. The molecule has 0 heterocycles. The largest absolute Gasteiger partial charge is 0.465 e. The molecule has 0 aromatic heterocycles. The zero-order valence-corrected chi connectivity index (χ0v) is 12.7. The van der Waals surface area contributed by atoms with Crippen LogP contribution in [0.2, 0.25) is 0 Å². The van der Waals surface area contributed by atoms with E-state index in [2.05, 4.69) is 13.8 Å². The first-order valence-corrected chi connectivity index (χ1v) is 7.89. The van der Waals surface area contributed by atoms with Crippen molar-refractivity contribution in [3.63, 3.8) is 0 Å². The summed E-state index contributed by atoms with van der Waals surface area (Å²) in [5.74, 6) is 0.0810. The van der Waals surface area contributed by atoms with E-state index in [9.17, 15) is 4.79 Å². The van der Waals surface area contributed by atoms with Gasteiger partial charge in [-0.15, -0.1) is 0 Å². The molecule has 0 amide bonds. The average Bonchev–Trinajstić information content (AvgIpc) is 2.38. The molecule has 0 fully saturated rings. The van der Waals surface area contributed by atoms with E-state index in [1.807, 2.05) is 6.92 Å². The molecule has 18 heavy (non-hydrogen) atoms. The summed E-state index contributed by atoms with van der Waals surface area (Å²) >= 11 is 0. The van der Waals surface area contributed by atoms with Crippen molar-refractivity contribution < 1.29 is 9.53 Å². The Bertz CT molecular complexity index is 190. The first kappa shape index (κ1) is 17.5. The van der Waals surface area contributed by atoms with Crippen LogP contribution in [0.4, 0.5) is 0 Å². The number of unbranched alkanes of at least 4 members (excludes halogenated alkanes) is 7. The molecule has 0 saturated carbocycles. The van der Waals surface area contributed by atoms with E-state index in [0.717, 1.165) is 25.7 Å². The van der Waals surface area contributed by atoms with Crippen LogP contribution in [-0.2, 0) is 9.53 Å². The maximum Gasteiger partial charge on any atom is 0.308 e. The van der Waals surface area contributed by atoms with Gasteiger partial charge in [-0.3, -0.25) is 4.79 Å². The van der Waals surface area contributed by atoms with Crippen molar-refractivity contribution in [3.8, 4) is 0 Å². The molecule has 0 bridgehead atoms. The number of esters is 1. The number of hydrogen-bond acceptors (Lipinski definition) is 2. The predicted molar refractivity (Wildman–Crippen MR) is 77.6 cm³/mol. The number of carbonyl (C=O) groups excluding carboxylic acids is 1. The first-order chi connectivity index (χ1) is 8.72. The zero-order chi connectivity index (χ0) is 13.6. The lowest BCUT2D eigenvalue weighted by Crippen LogP contribution is -2.15. The van der Waals surface area contributed by atoms with Crippen molar-refractivity contribution in [2.75, 3.05) is 6.61 Å². The highest BCUT2D eigenvalue weighted by molar-refractivity contribution is 5.71. The number of rotatable bonds is 12. The van der Waals surface area contributed by atoms with E-state index in [-0.39, 0.29) is 11.9 Å². The van der Waals surface area contributed by atoms with E-state index >= 15 is 0 Å². The summed E-state index contributed by atoms with van der Waals surface area (Å²) in [5.41, 5.74) is 0. The molecule has 108 valence electrons. The van der Waals surface area contributed by atoms with Crippen LogP contribution in [-0.4, -0.2) is 12.6 Å². The molecular weight excluding hydrogens is 224 g/mol. The molecule has 0 N–H and O–H groups in total. The maximum atomic E-state index is 11.7. The van der Waals surface area contributed by atoms with Gasteiger partial charge in [0.25, 0.3) is 0 Å². The summed E-state index contributed by atoms with van der Waals surface area (Å²) in [6.07, 6.45) is 12.0. The Labute approximate surface area is 113 Å². The minimum atomic E-state index is -0.000314. The van der Waals surface area contributed by atoms with E-state index in [1.54, 1.807) is 0 Å². The molecule has 0 radical (unpaired) electrons. The third-order valence-electron chi connectivity index (χ3n) is 3.39. The number of hydrogen-bond donors (Lipinski definition) is 0. The van der Waals surface area contributed by atoms with Crippen LogP contribution in [0.1, 0.15) is 85.0 Å². The second-order valence-corrected chi connectivity index (χ2v) is 5.33. The molecule has 0 aromatic carbocycles. The summed E-state index contributed by atoms with van der Waals surface area (Å²) in [7, 11) is 0. The number of carbonyl (C=O) groups is 1. The van der Waals surface area contributed by atoms with Gasteiger partial charge in [-0.1, -0.05) is 72.1 Å². The van der Waals surface area contributed by atoms with Crippen molar-refractivity contribution in [2.24, 2.45) is 5.92 Å². The molecule has 1 atom stereocenters. The van der Waals surface area contributed by atoms with Crippen molar-refractivity contribution >= 4 is 5.97 Å². The van der Waals surface area contributed by atoms with Gasteiger partial charge in [0.05, 0.1) is 12.5 Å². The quantitative estimate of drug-likeness (QED) is 0.358. The SMILES string of the molecule is CCCCCCCCC(C)C(=O)OCCCCC. The van der Waals surface area contributed by atoms with E-state index in [4.69, 9.17) is 4.74 Å². The van der Waals surface area contributed by atoms with Gasteiger partial charge in [-0.2, -0.15) is 0 Å². The second kappa shape index (κ2) is 12.9. The summed E-state index contributed by atoms with van der Waals surface area (Å²) < 4.78 is 5.26. The van der Waals surface area contributed by atoms with Gasteiger partial charge in [0.15, 0.2) is 0 Å². The second-order valence-electron chi connectivity index (χ2n) is 5.33. The Morgan fingerprint density at radius 3 is 2.11 bits per heavy atom. The van der Waals surface area contributed by atoms with Crippen molar-refractivity contribution in [3.05, 3.63) is 0 Å². The van der Waals surface area contributed by atoms with Gasteiger partial charge < -0.3 is 4.74 Å². The Balaban J connectivity index is 3.38. The lowest BCUT2D eigenvalue weighted by atomic mass is 10.0. The minimum absolute atomic E-state index is 0.000314. The molecule has 0 aliphatic rings. The van der Waals surface area contributed by atoms with Crippen LogP contribution >= 0.6 is 0 Å². The Morgan fingerprint density at radius 1 is 0.889 bits per heavy atom. The Kier molecular flexibility index (Phi) is 12.5. The highest BCUT2D eigenvalue weighted by atomic mass is 16.5. The van der Waals surface area contributed by atoms with Gasteiger partial charge >= 0.3 is 5.97 Å². The lowest BCUT2D eigenvalue weighted by molar-refractivity contribution is -0.148. The van der Waals surface area contributed by atoms with E-state index in [0.29, 0.717) is 6.61 Å². The summed E-state index contributed by atoms with van der Waals surface area (Å²) in [5, 5.41) is 0. The Morgan fingerprint density at radius 2 is 1.44 bits per heavy atom. The molecule has 0 saturated heterocycles. The monoisotopic (exact) mass is 256 g/mol. The fraction of sp³-hybridized carbons (Fsp3) is 0.938. The first-order valence-electron chi connectivity index (χ1n) is 7.89. The molecule has 0 rings (SSSR count). The summed E-state index contributed by atoms with van der Waals surface area (Å²) in [4.78, 5) is 11.7. The fourth-order valence-corrected chi connectivity index (χ4v) is 2.02. The molecule has 0 spiro atoms. The zero-order valence-electron chi connectivity index (χ0n) is 12.7. The fourth-order valence-electron chi connectivity index (χ4n) is 2.02. The van der Waals surface area contributed by atoms with E-state index < -0.39 is 0 Å². The summed E-state index contributed by atoms with van der Waals surface area (Å²) in [6, 6.07) is 0. The van der Waals surface area contributed by atoms with Gasteiger partial charge in [0.1, 0.15) is 0 Å². The lowest BCUT2D eigenvalue weighted by Gasteiger charge is -2.11. The molecule has 2 nitrogen and oxygen atoms in total. The van der Waals surface area contributed by atoms with Crippen LogP contribution in [0.5, 0.6) is 0 Å². The van der Waals surface area contributed by atoms with E-state index in [1.165, 1.54) is 38.5 Å². The van der Waals surface area contributed by atoms with Gasteiger partial charge in [0, 0.05) is 0 Å². The maximum absolute atomic E-state index is 11.7. The van der Waals surface area contributed by atoms with Crippen LogP contribution in [0.3, 0.4) is 0 Å². The van der Waals surface area contributed by atoms with Crippen molar-refractivity contribution in [1.29, 1.82) is 0 Å². The molecule has 2 heteroatoms. The smallest absolute Gasteiger partial charge is 0.308 e. The third-order valence-corrected chi connectivity index (χ3v) is 3.39. The van der Waals surface area contributed by atoms with Crippen molar-refractivity contribution in [2.45, 2.75) is 85.0 Å². The molecule has 0 aromatic rings. The van der Waals surface area contributed by atoms with Crippen LogP contribution < -0.4 is 0 Å².